The number of rotatable bonds is 1. The Kier molecular flexibility index (Phi) is 2.95. The van der Waals surface area contributed by atoms with Crippen molar-refractivity contribution in [3.8, 4) is 16.9 Å². The Labute approximate surface area is 129 Å². The molecule has 0 saturated carbocycles. The van der Waals surface area contributed by atoms with Crippen molar-refractivity contribution in [1.29, 1.82) is 0 Å². The number of aryl methyl sites for hydroxylation is 1. The van der Waals surface area contributed by atoms with Crippen molar-refractivity contribution in [2.45, 2.75) is 6.92 Å². The van der Waals surface area contributed by atoms with Crippen LogP contribution in [-0.2, 0) is 4.57 Å². The standard InChI is InChI=1S/C19H15O2P/c1-14-10-12-15(13-11-14)22(20)19-9-5-3-7-17(19)16-6-2-4-8-18(16)21-22/h2-13H,1H3. The number of para-hydroxylation sites is 1. The SMILES string of the molecule is Cc1ccc(P2(=O)Oc3ccccc3-c3ccccc32)cc1. The second-order valence-corrected chi connectivity index (χ2v) is 7.78. The van der Waals surface area contributed by atoms with E-state index < -0.39 is 7.37 Å². The van der Waals surface area contributed by atoms with E-state index in [1.54, 1.807) is 0 Å². The summed E-state index contributed by atoms with van der Waals surface area (Å²) in [6.07, 6.45) is 0. The molecule has 0 radical (unpaired) electrons. The van der Waals surface area contributed by atoms with Gasteiger partial charge in [-0.05, 0) is 36.8 Å². The Balaban J connectivity index is 2.00. The lowest BCUT2D eigenvalue weighted by molar-refractivity contribution is 0.501. The van der Waals surface area contributed by atoms with Gasteiger partial charge in [-0.3, -0.25) is 4.57 Å². The van der Waals surface area contributed by atoms with Crippen LogP contribution in [0.5, 0.6) is 5.75 Å². The largest absolute Gasteiger partial charge is 0.436 e. The minimum absolute atomic E-state index is 0.685. The molecule has 22 heavy (non-hydrogen) atoms. The molecular weight excluding hydrogens is 291 g/mol. The van der Waals surface area contributed by atoms with Crippen LogP contribution >= 0.6 is 7.37 Å². The monoisotopic (exact) mass is 306 g/mol. The van der Waals surface area contributed by atoms with Gasteiger partial charge in [0.05, 0.1) is 10.6 Å². The van der Waals surface area contributed by atoms with Crippen LogP contribution < -0.4 is 15.1 Å². The van der Waals surface area contributed by atoms with Crippen molar-refractivity contribution in [1.82, 2.24) is 0 Å². The van der Waals surface area contributed by atoms with Crippen molar-refractivity contribution in [3.05, 3.63) is 78.4 Å². The Hall–Kier alpha value is -2.31. The van der Waals surface area contributed by atoms with Crippen LogP contribution in [0, 0.1) is 6.92 Å². The maximum Gasteiger partial charge on any atom is 0.307 e. The molecule has 0 saturated heterocycles. The quantitative estimate of drug-likeness (QED) is 0.627. The predicted molar refractivity (Wildman–Crippen MR) is 90.6 cm³/mol. The molecule has 3 aromatic rings. The van der Waals surface area contributed by atoms with E-state index in [0.717, 1.165) is 27.3 Å². The average Bonchev–Trinajstić information content (AvgIpc) is 2.56. The fourth-order valence-corrected chi connectivity index (χ4v) is 5.10. The molecule has 1 unspecified atom stereocenters. The van der Waals surface area contributed by atoms with Gasteiger partial charge in [-0.15, -0.1) is 0 Å². The average molecular weight is 306 g/mol. The van der Waals surface area contributed by atoms with Gasteiger partial charge < -0.3 is 4.52 Å². The fourth-order valence-electron chi connectivity index (χ4n) is 2.85. The zero-order valence-corrected chi connectivity index (χ0v) is 13.1. The maximum absolute atomic E-state index is 13.7. The Morgan fingerprint density at radius 2 is 1.41 bits per heavy atom. The minimum atomic E-state index is -3.11. The second kappa shape index (κ2) is 4.86. The van der Waals surface area contributed by atoms with Crippen LogP contribution in [0.1, 0.15) is 5.56 Å². The van der Waals surface area contributed by atoms with Gasteiger partial charge in [-0.25, -0.2) is 0 Å². The van der Waals surface area contributed by atoms with Gasteiger partial charge in [0.1, 0.15) is 5.75 Å². The van der Waals surface area contributed by atoms with E-state index in [0.29, 0.717) is 5.75 Å². The molecule has 0 aliphatic carbocycles. The highest BCUT2D eigenvalue weighted by atomic mass is 31.2. The molecule has 0 bridgehead atoms. The van der Waals surface area contributed by atoms with E-state index in [1.807, 2.05) is 79.7 Å². The molecule has 2 nitrogen and oxygen atoms in total. The minimum Gasteiger partial charge on any atom is -0.436 e. The van der Waals surface area contributed by atoms with Crippen molar-refractivity contribution in [3.63, 3.8) is 0 Å². The van der Waals surface area contributed by atoms with Gasteiger partial charge in [-0.2, -0.15) is 0 Å². The van der Waals surface area contributed by atoms with Crippen molar-refractivity contribution >= 4 is 18.0 Å². The second-order valence-electron chi connectivity index (χ2n) is 5.49. The van der Waals surface area contributed by atoms with Gasteiger partial charge in [0.15, 0.2) is 0 Å². The molecule has 0 N–H and O–H groups in total. The third-order valence-electron chi connectivity index (χ3n) is 4.00. The fraction of sp³-hybridized carbons (Fsp3) is 0.0526. The van der Waals surface area contributed by atoms with Gasteiger partial charge in [0.2, 0.25) is 0 Å². The maximum atomic E-state index is 13.7. The lowest BCUT2D eigenvalue weighted by Gasteiger charge is -2.28. The Morgan fingerprint density at radius 3 is 2.18 bits per heavy atom. The first kappa shape index (κ1) is 13.4. The summed E-state index contributed by atoms with van der Waals surface area (Å²) in [4.78, 5) is 0. The van der Waals surface area contributed by atoms with Gasteiger partial charge in [-0.1, -0.05) is 54.1 Å². The molecule has 1 heterocycles. The van der Waals surface area contributed by atoms with E-state index in [4.69, 9.17) is 4.52 Å². The van der Waals surface area contributed by atoms with E-state index in [-0.39, 0.29) is 0 Å². The molecule has 1 atom stereocenters. The summed E-state index contributed by atoms with van der Waals surface area (Å²) in [5, 5.41) is 1.51. The summed E-state index contributed by atoms with van der Waals surface area (Å²) in [5.41, 5.74) is 3.13. The first-order valence-corrected chi connectivity index (χ1v) is 8.87. The van der Waals surface area contributed by atoms with Gasteiger partial charge in [0, 0.05) is 5.56 Å². The van der Waals surface area contributed by atoms with Crippen LogP contribution in [-0.4, -0.2) is 0 Å². The Bertz CT molecular complexity index is 897. The molecule has 108 valence electrons. The van der Waals surface area contributed by atoms with Crippen LogP contribution in [0.25, 0.3) is 11.1 Å². The summed E-state index contributed by atoms with van der Waals surface area (Å²) in [6.45, 7) is 2.02. The lowest BCUT2D eigenvalue weighted by Crippen LogP contribution is -2.25. The van der Waals surface area contributed by atoms with Gasteiger partial charge in [0.25, 0.3) is 0 Å². The van der Waals surface area contributed by atoms with E-state index in [2.05, 4.69) is 0 Å². The number of fused-ring (bicyclic) bond motifs is 3. The van der Waals surface area contributed by atoms with Gasteiger partial charge >= 0.3 is 7.37 Å². The molecule has 0 fully saturated rings. The Morgan fingerprint density at radius 1 is 0.773 bits per heavy atom. The topological polar surface area (TPSA) is 26.3 Å². The summed E-state index contributed by atoms with van der Waals surface area (Å²) >= 11 is 0. The van der Waals surface area contributed by atoms with E-state index in [1.165, 1.54) is 0 Å². The van der Waals surface area contributed by atoms with Crippen LogP contribution in [0.2, 0.25) is 0 Å². The zero-order valence-electron chi connectivity index (χ0n) is 12.2. The highest BCUT2D eigenvalue weighted by Gasteiger charge is 2.37. The molecule has 0 aromatic heterocycles. The lowest BCUT2D eigenvalue weighted by atomic mass is 10.0. The van der Waals surface area contributed by atoms with Crippen molar-refractivity contribution in [2.75, 3.05) is 0 Å². The number of hydrogen-bond acceptors (Lipinski definition) is 2. The summed E-state index contributed by atoms with van der Waals surface area (Å²) < 4.78 is 19.7. The third kappa shape index (κ3) is 1.92. The molecule has 1 aliphatic rings. The van der Waals surface area contributed by atoms with Crippen LogP contribution in [0.15, 0.2) is 72.8 Å². The van der Waals surface area contributed by atoms with E-state index >= 15 is 0 Å². The summed E-state index contributed by atoms with van der Waals surface area (Å²) in [5.74, 6) is 0.685. The molecule has 0 spiro atoms. The van der Waals surface area contributed by atoms with Crippen LogP contribution in [0.3, 0.4) is 0 Å². The van der Waals surface area contributed by atoms with Crippen LogP contribution in [0.4, 0.5) is 0 Å². The molecule has 4 rings (SSSR count). The molecule has 1 aliphatic heterocycles. The predicted octanol–water partition coefficient (Wildman–Crippen LogP) is 4.28. The van der Waals surface area contributed by atoms with E-state index in [9.17, 15) is 4.57 Å². The third-order valence-corrected chi connectivity index (χ3v) is 6.46. The van der Waals surface area contributed by atoms with Crippen molar-refractivity contribution in [2.24, 2.45) is 0 Å². The zero-order chi connectivity index (χ0) is 15.2. The number of hydrogen-bond donors (Lipinski definition) is 0. The normalized spacial score (nSPS) is 19.0. The smallest absolute Gasteiger partial charge is 0.307 e. The summed E-state index contributed by atoms with van der Waals surface area (Å²) in [6, 6.07) is 23.3. The van der Waals surface area contributed by atoms with Crippen molar-refractivity contribution < 1.29 is 9.09 Å². The summed E-state index contributed by atoms with van der Waals surface area (Å²) in [7, 11) is -3.11. The molecule has 3 heteroatoms. The first-order valence-electron chi connectivity index (χ1n) is 7.24. The molecule has 0 amide bonds. The first-order chi connectivity index (χ1) is 10.7. The molecule has 3 aromatic carbocycles. The highest BCUT2D eigenvalue weighted by molar-refractivity contribution is 7.75. The number of benzene rings is 3. The highest BCUT2D eigenvalue weighted by Crippen LogP contribution is 2.53. The molecular formula is C19H15O2P.